The van der Waals surface area contributed by atoms with Crippen molar-refractivity contribution in [2.24, 2.45) is 0 Å². The van der Waals surface area contributed by atoms with Gasteiger partial charge >= 0.3 is 5.56 Å². The summed E-state index contributed by atoms with van der Waals surface area (Å²) in [5.41, 5.74) is 0.135. The lowest BCUT2D eigenvalue weighted by Crippen LogP contribution is -2.36. The molecule has 0 aliphatic rings. The van der Waals surface area contributed by atoms with Crippen molar-refractivity contribution in [1.29, 1.82) is 0 Å². The lowest BCUT2D eigenvalue weighted by atomic mass is 10.5. The molecule has 2 aromatic rings. The van der Waals surface area contributed by atoms with E-state index in [1.807, 2.05) is 0 Å². The van der Waals surface area contributed by atoms with Crippen molar-refractivity contribution in [3.8, 4) is 0 Å². The quantitative estimate of drug-likeness (QED) is 0.791. The SMILES string of the molecule is CC(=O)n1c(N[Si](C)(C)C)nc(=O)c2[nH]cnc21. The molecular formula is C10H15N5O2Si. The van der Waals surface area contributed by atoms with Crippen LogP contribution in [0.1, 0.15) is 11.7 Å². The van der Waals surface area contributed by atoms with Gasteiger partial charge < -0.3 is 9.97 Å². The molecule has 0 aliphatic carbocycles. The number of aromatic amines is 1. The molecular weight excluding hydrogens is 250 g/mol. The van der Waals surface area contributed by atoms with Gasteiger partial charge in [0, 0.05) is 6.92 Å². The van der Waals surface area contributed by atoms with E-state index in [1.165, 1.54) is 17.8 Å². The van der Waals surface area contributed by atoms with E-state index in [0.29, 0.717) is 5.65 Å². The van der Waals surface area contributed by atoms with Gasteiger partial charge in [0.2, 0.25) is 11.9 Å². The minimum absolute atomic E-state index is 0.236. The summed E-state index contributed by atoms with van der Waals surface area (Å²) in [6, 6.07) is 0. The van der Waals surface area contributed by atoms with Crippen LogP contribution in [0.4, 0.5) is 5.95 Å². The number of rotatable bonds is 2. The number of aromatic nitrogens is 4. The van der Waals surface area contributed by atoms with Crippen molar-refractivity contribution in [2.75, 3.05) is 4.98 Å². The average molecular weight is 265 g/mol. The van der Waals surface area contributed by atoms with E-state index in [0.717, 1.165) is 0 Å². The van der Waals surface area contributed by atoms with Crippen LogP contribution < -0.4 is 10.5 Å². The molecule has 2 rings (SSSR count). The Morgan fingerprint density at radius 1 is 1.44 bits per heavy atom. The first kappa shape index (κ1) is 12.5. The lowest BCUT2D eigenvalue weighted by molar-refractivity contribution is 0.0942. The number of hydrogen-bond acceptors (Lipinski definition) is 5. The van der Waals surface area contributed by atoms with E-state index in [4.69, 9.17) is 0 Å². The van der Waals surface area contributed by atoms with Gasteiger partial charge in [-0.3, -0.25) is 9.59 Å². The van der Waals surface area contributed by atoms with E-state index in [1.54, 1.807) is 0 Å². The summed E-state index contributed by atoms with van der Waals surface area (Å²) < 4.78 is 1.32. The van der Waals surface area contributed by atoms with Gasteiger partial charge in [-0.25, -0.2) is 9.55 Å². The van der Waals surface area contributed by atoms with Gasteiger partial charge in [0.15, 0.2) is 11.2 Å². The molecule has 0 aromatic carbocycles. The maximum absolute atomic E-state index is 11.8. The molecule has 2 aromatic heterocycles. The number of fused-ring (bicyclic) bond motifs is 1. The zero-order valence-electron chi connectivity index (χ0n) is 10.7. The molecule has 8 heteroatoms. The van der Waals surface area contributed by atoms with Gasteiger partial charge in [0.05, 0.1) is 6.33 Å². The molecule has 2 N–H and O–H groups in total. The van der Waals surface area contributed by atoms with Crippen molar-refractivity contribution in [1.82, 2.24) is 19.5 Å². The van der Waals surface area contributed by atoms with Crippen molar-refractivity contribution in [3.05, 3.63) is 16.7 Å². The van der Waals surface area contributed by atoms with Gasteiger partial charge in [-0.1, -0.05) is 19.6 Å². The standard InChI is InChI=1S/C10H15N5O2Si/c1-6(16)15-8-7(11-5-12-8)9(17)13-10(15)14-18(2,3)4/h5H,1-4H3,(H,11,12)(H,13,14,17). The molecule has 2 heterocycles. The Kier molecular flexibility index (Phi) is 2.81. The molecule has 0 atom stereocenters. The van der Waals surface area contributed by atoms with Gasteiger partial charge in [-0.15, -0.1) is 0 Å². The zero-order valence-corrected chi connectivity index (χ0v) is 11.7. The Hall–Kier alpha value is -1.96. The number of H-pyrrole nitrogens is 1. The Morgan fingerprint density at radius 3 is 2.67 bits per heavy atom. The second kappa shape index (κ2) is 4.05. The molecule has 0 spiro atoms. The molecule has 7 nitrogen and oxygen atoms in total. The van der Waals surface area contributed by atoms with Crippen LogP contribution in [0, 0.1) is 0 Å². The van der Waals surface area contributed by atoms with Crippen molar-refractivity contribution in [3.63, 3.8) is 0 Å². The number of hydrogen-bond donors (Lipinski definition) is 2. The van der Waals surface area contributed by atoms with Crippen LogP contribution in [0.15, 0.2) is 11.1 Å². The molecule has 0 radical (unpaired) electrons. The maximum Gasteiger partial charge on any atom is 0.300 e. The third-order valence-corrected chi connectivity index (χ3v) is 3.24. The number of imidazole rings is 1. The Balaban J connectivity index is 2.75. The molecule has 18 heavy (non-hydrogen) atoms. The highest BCUT2D eigenvalue weighted by molar-refractivity contribution is 6.79. The summed E-state index contributed by atoms with van der Waals surface area (Å²) in [7, 11) is -1.73. The number of carbonyl (C=O) groups is 1. The van der Waals surface area contributed by atoms with Gasteiger partial charge in [0.1, 0.15) is 8.24 Å². The van der Waals surface area contributed by atoms with Crippen LogP contribution in [-0.4, -0.2) is 33.7 Å². The topological polar surface area (TPSA) is 92.7 Å². The molecule has 0 bridgehead atoms. The van der Waals surface area contributed by atoms with E-state index in [2.05, 4.69) is 39.6 Å². The first-order valence-electron chi connectivity index (χ1n) is 5.55. The van der Waals surface area contributed by atoms with Crippen LogP contribution in [0.3, 0.4) is 0 Å². The number of nitrogens with zero attached hydrogens (tertiary/aromatic N) is 3. The fourth-order valence-electron chi connectivity index (χ4n) is 1.63. The van der Waals surface area contributed by atoms with Crippen LogP contribution >= 0.6 is 0 Å². The summed E-state index contributed by atoms with van der Waals surface area (Å²) in [6.07, 6.45) is 1.38. The number of anilines is 1. The van der Waals surface area contributed by atoms with E-state index in [9.17, 15) is 9.59 Å². The lowest BCUT2D eigenvalue weighted by Gasteiger charge is -2.20. The predicted octanol–water partition coefficient (Wildman–Crippen LogP) is 1.03. The highest BCUT2D eigenvalue weighted by Gasteiger charge is 2.21. The van der Waals surface area contributed by atoms with Gasteiger partial charge in [-0.05, 0) is 0 Å². The summed E-state index contributed by atoms with van der Waals surface area (Å²) >= 11 is 0. The Labute approximate surface area is 104 Å². The first-order valence-corrected chi connectivity index (χ1v) is 9.05. The number of nitrogens with one attached hydrogen (secondary N) is 2. The highest BCUT2D eigenvalue weighted by Crippen LogP contribution is 2.13. The normalized spacial score (nSPS) is 11.8. The fraction of sp³-hybridized carbons (Fsp3) is 0.400. The molecule has 0 amide bonds. The zero-order chi connectivity index (χ0) is 13.5. The smallest absolute Gasteiger partial charge is 0.300 e. The van der Waals surface area contributed by atoms with Crippen LogP contribution in [0.25, 0.3) is 11.2 Å². The molecule has 0 aliphatic heterocycles. The van der Waals surface area contributed by atoms with Crippen LogP contribution in [0.2, 0.25) is 19.6 Å². The summed E-state index contributed by atoms with van der Waals surface area (Å²) in [5, 5.41) is 0. The van der Waals surface area contributed by atoms with Gasteiger partial charge in [0.25, 0.3) is 0 Å². The van der Waals surface area contributed by atoms with E-state index >= 15 is 0 Å². The highest BCUT2D eigenvalue weighted by atomic mass is 28.3. The minimum Gasteiger partial charge on any atom is -0.381 e. The first-order chi connectivity index (χ1) is 8.29. The maximum atomic E-state index is 11.8. The predicted molar refractivity (Wildman–Crippen MR) is 71.4 cm³/mol. The third kappa shape index (κ3) is 2.19. The molecule has 0 fully saturated rings. The Bertz CT molecular complexity index is 667. The molecule has 0 saturated heterocycles. The van der Waals surface area contributed by atoms with E-state index in [-0.39, 0.29) is 17.4 Å². The van der Waals surface area contributed by atoms with Crippen LogP contribution in [-0.2, 0) is 0 Å². The summed E-state index contributed by atoms with van der Waals surface area (Å²) in [6.45, 7) is 7.57. The monoisotopic (exact) mass is 265 g/mol. The molecule has 0 unspecified atom stereocenters. The van der Waals surface area contributed by atoms with Crippen molar-refractivity contribution < 1.29 is 4.79 Å². The molecule has 0 saturated carbocycles. The average Bonchev–Trinajstić information content (AvgIpc) is 2.63. The third-order valence-electron chi connectivity index (χ3n) is 2.27. The fourth-order valence-corrected chi connectivity index (χ4v) is 2.47. The van der Waals surface area contributed by atoms with E-state index < -0.39 is 13.8 Å². The molecule has 96 valence electrons. The minimum atomic E-state index is -1.73. The second-order valence-electron chi connectivity index (χ2n) is 5.07. The van der Waals surface area contributed by atoms with Crippen molar-refractivity contribution >= 4 is 31.3 Å². The van der Waals surface area contributed by atoms with Gasteiger partial charge in [-0.2, -0.15) is 4.98 Å². The Morgan fingerprint density at radius 2 is 2.11 bits per heavy atom. The van der Waals surface area contributed by atoms with Crippen molar-refractivity contribution in [2.45, 2.75) is 26.6 Å². The summed E-state index contributed by atoms with van der Waals surface area (Å²) in [5.74, 6) is 0.0339. The second-order valence-corrected chi connectivity index (χ2v) is 9.82. The van der Waals surface area contributed by atoms with Crippen LogP contribution in [0.5, 0.6) is 0 Å². The number of carbonyl (C=O) groups excluding carboxylic acids is 1. The summed E-state index contributed by atoms with van der Waals surface area (Å²) in [4.78, 5) is 37.3. The largest absolute Gasteiger partial charge is 0.381 e.